The molecular formula is C15H15Cl2N. The second-order valence-electron chi connectivity index (χ2n) is 4.18. The molecule has 2 aromatic rings. The van der Waals surface area contributed by atoms with Crippen molar-refractivity contribution in [1.29, 1.82) is 0 Å². The van der Waals surface area contributed by atoms with Crippen molar-refractivity contribution in [2.45, 2.75) is 13.0 Å². The summed E-state index contributed by atoms with van der Waals surface area (Å²) in [5.41, 5.74) is 2.50. The first-order valence-electron chi connectivity index (χ1n) is 5.93. The summed E-state index contributed by atoms with van der Waals surface area (Å²) in [4.78, 5) is 0. The predicted molar refractivity (Wildman–Crippen MR) is 78.3 cm³/mol. The van der Waals surface area contributed by atoms with Crippen LogP contribution in [0.3, 0.4) is 0 Å². The second-order valence-corrected chi connectivity index (χ2v) is 5.06. The molecule has 0 amide bonds. The van der Waals surface area contributed by atoms with Crippen LogP contribution in [0.4, 0.5) is 0 Å². The average Bonchev–Trinajstić information content (AvgIpc) is 2.37. The van der Waals surface area contributed by atoms with Crippen LogP contribution < -0.4 is 5.32 Å². The lowest BCUT2D eigenvalue weighted by Crippen LogP contribution is -2.16. The number of halogens is 2. The molecule has 0 unspecified atom stereocenters. The molecule has 94 valence electrons. The Kier molecular flexibility index (Phi) is 5.06. The van der Waals surface area contributed by atoms with Crippen molar-refractivity contribution in [2.24, 2.45) is 0 Å². The van der Waals surface area contributed by atoms with Crippen LogP contribution >= 0.6 is 23.2 Å². The third kappa shape index (κ3) is 4.34. The molecule has 3 heteroatoms. The topological polar surface area (TPSA) is 12.0 Å². The minimum atomic E-state index is 0.783. The summed E-state index contributed by atoms with van der Waals surface area (Å²) < 4.78 is 0. The molecule has 0 atom stereocenters. The lowest BCUT2D eigenvalue weighted by atomic mass is 10.1. The van der Waals surface area contributed by atoms with Gasteiger partial charge in [-0.25, -0.2) is 0 Å². The maximum atomic E-state index is 5.93. The lowest BCUT2D eigenvalue weighted by Gasteiger charge is -2.05. The largest absolute Gasteiger partial charge is 0.312 e. The Balaban J connectivity index is 1.74. The Morgan fingerprint density at radius 3 is 2.33 bits per heavy atom. The van der Waals surface area contributed by atoms with Gasteiger partial charge in [-0.05, 0) is 48.4 Å². The normalized spacial score (nSPS) is 10.6. The number of benzene rings is 2. The summed E-state index contributed by atoms with van der Waals surface area (Å²) >= 11 is 11.8. The van der Waals surface area contributed by atoms with Crippen LogP contribution in [0.2, 0.25) is 10.0 Å². The van der Waals surface area contributed by atoms with Gasteiger partial charge in [0.25, 0.3) is 0 Å². The van der Waals surface area contributed by atoms with Gasteiger partial charge in [-0.1, -0.05) is 47.5 Å². The van der Waals surface area contributed by atoms with Crippen LogP contribution in [0.15, 0.2) is 48.5 Å². The van der Waals surface area contributed by atoms with Gasteiger partial charge in [-0.15, -0.1) is 0 Å². The van der Waals surface area contributed by atoms with Gasteiger partial charge in [0.2, 0.25) is 0 Å². The van der Waals surface area contributed by atoms with Crippen molar-refractivity contribution in [2.75, 3.05) is 6.54 Å². The van der Waals surface area contributed by atoms with E-state index in [1.807, 2.05) is 30.3 Å². The van der Waals surface area contributed by atoms with Crippen LogP contribution in [-0.4, -0.2) is 6.54 Å². The summed E-state index contributed by atoms with van der Waals surface area (Å²) in [7, 11) is 0. The van der Waals surface area contributed by atoms with Gasteiger partial charge in [0, 0.05) is 16.6 Å². The Hall–Kier alpha value is -1.02. The third-order valence-electron chi connectivity index (χ3n) is 2.72. The zero-order valence-corrected chi connectivity index (χ0v) is 11.5. The van der Waals surface area contributed by atoms with E-state index in [1.54, 1.807) is 0 Å². The summed E-state index contributed by atoms with van der Waals surface area (Å²) in [6, 6.07) is 15.9. The zero-order valence-electron chi connectivity index (χ0n) is 10.00. The van der Waals surface area contributed by atoms with Crippen LogP contribution in [0, 0.1) is 0 Å². The number of hydrogen-bond acceptors (Lipinski definition) is 1. The maximum absolute atomic E-state index is 5.93. The molecular weight excluding hydrogens is 265 g/mol. The molecule has 0 bridgehead atoms. The van der Waals surface area contributed by atoms with Gasteiger partial charge in [0.15, 0.2) is 0 Å². The molecule has 0 saturated heterocycles. The minimum absolute atomic E-state index is 0.783. The van der Waals surface area contributed by atoms with Gasteiger partial charge < -0.3 is 5.32 Å². The first kappa shape index (κ1) is 13.4. The van der Waals surface area contributed by atoms with E-state index in [0.29, 0.717) is 0 Å². The van der Waals surface area contributed by atoms with Gasteiger partial charge in [-0.2, -0.15) is 0 Å². The Morgan fingerprint density at radius 1 is 0.833 bits per heavy atom. The van der Waals surface area contributed by atoms with E-state index in [-0.39, 0.29) is 0 Å². The minimum Gasteiger partial charge on any atom is -0.312 e. The average molecular weight is 280 g/mol. The fraction of sp³-hybridized carbons (Fsp3) is 0.200. The number of rotatable bonds is 5. The van der Waals surface area contributed by atoms with Gasteiger partial charge in [-0.3, -0.25) is 0 Å². The first-order chi connectivity index (χ1) is 8.74. The highest BCUT2D eigenvalue weighted by Crippen LogP contribution is 2.11. The smallest absolute Gasteiger partial charge is 0.0409 e. The molecule has 0 radical (unpaired) electrons. The van der Waals surface area contributed by atoms with Crippen molar-refractivity contribution in [3.05, 3.63) is 69.7 Å². The quantitative estimate of drug-likeness (QED) is 0.804. The highest BCUT2D eigenvalue weighted by molar-refractivity contribution is 6.30. The molecule has 0 aromatic heterocycles. The highest BCUT2D eigenvalue weighted by Gasteiger charge is 1.95. The van der Waals surface area contributed by atoms with Crippen LogP contribution in [-0.2, 0) is 13.0 Å². The van der Waals surface area contributed by atoms with Crippen LogP contribution in [0.5, 0.6) is 0 Å². The van der Waals surface area contributed by atoms with E-state index in [9.17, 15) is 0 Å². The molecule has 1 N–H and O–H groups in total. The standard InChI is InChI=1S/C15H15Cl2N/c16-14-6-4-12(5-7-14)8-9-18-11-13-2-1-3-15(17)10-13/h1-7,10,18H,8-9,11H2. The highest BCUT2D eigenvalue weighted by atomic mass is 35.5. The molecule has 0 aliphatic carbocycles. The lowest BCUT2D eigenvalue weighted by molar-refractivity contribution is 0.687. The van der Waals surface area contributed by atoms with Crippen molar-refractivity contribution in [3.8, 4) is 0 Å². The molecule has 1 nitrogen and oxygen atoms in total. The third-order valence-corrected chi connectivity index (χ3v) is 3.21. The monoisotopic (exact) mass is 279 g/mol. The van der Waals surface area contributed by atoms with Crippen molar-refractivity contribution >= 4 is 23.2 Å². The SMILES string of the molecule is Clc1ccc(CCNCc2cccc(Cl)c2)cc1. The first-order valence-corrected chi connectivity index (χ1v) is 6.69. The molecule has 0 saturated carbocycles. The molecule has 0 spiro atoms. The molecule has 0 heterocycles. The Labute approximate surface area is 118 Å². The van der Waals surface area contributed by atoms with Crippen molar-refractivity contribution in [3.63, 3.8) is 0 Å². The summed E-state index contributed by atoms with van der Waals surface area (Å²) in [6.07, 6.45) is 0.998. The zero-order chi connectivity index (χ0) is 12.8. The fourth-order valence-electron chi connectivity index (χ4n) is 1.76. The molecule has 2 rings (SSSR count). The summed E-state index contributed by atoms with van der Waals surface area (Å²) in [6.45, 7) is 1.78. The fourth-order valence-corrected chi connectivity index (χ4v) is 2.10. The summed E-state index contributed by atoms with van der Waals surface area (Å²) in [5, 5.41) is 4.97. The molecule has 2 aromatic carbocycles. The van der Waals surface area contributed by atoms with Crippen molar-refractivity contribution < 1.29 is 0 Å². The van der Waals surface area contributed by atoms with E-state index in [0.717, 1.165) is 29.6 Å². The van der Waals surface area contributed by atoms with Gasteiger partial charge >= 0.3 is 0 Å². The summed E-state index contributed by atoms with van der Waals surface area (Å²) in [5.74, 6) is 0. The van der Waals surface area contributed by atoms with E-state index in [1.165, 1.54) is 11.1 Å². The van der Waals surface area contributed by atoms with Crippen LogP contribution in [0.25, 0.3) is 0 Å². The van der Waals surface area contributed by atoms with E-state index < -0.39 is 0 Å². The van der Waals surface area contributed by atoms with Gasteiger partial charge in [0.1, 0.15) is 0 Å². The number of hydrogen-bond donors (Lipinski definition) is 1. The van der Waals surface area contributed by atoms with Crippen LogP contribution in [0.1, 0.15) is 11.1 Å². The molecule has 0 fully saturated rings. The Morgan fingerprint density at radius 2 is 1.61 bits per heavy atom. The predicted octanol–water partition coefficient (Wildman–Crippen LogP) is 4.33. The number of nitrogens with one attached hydrogen (secondary N) is 1. The van der Waals surface area contributed by atoms with E-state index in [2.05, 4.69) is 23.5 Å². The molecule has 18 heavy (non-hydrogen) atoms. The van der Waals surface area contributed by atoms with Crippen molar-refractivity contribution in [1.82, 2.24) is 5.32 Å². The molecule has 0 aliphatic rings. The van der Waals surface area contributed by atoms with E-state index >= 15 is 0 Å². The Bertz CT molecular complexity index is 494. The second kappa shape index (κ2) is 6.79. The van der Waals surface area contributed by atoms with Gasteiger partial charge in [0.05, 0.1) is 0 Å². The maximum Gasteiger partial charge on any atom is 0.0409 e. The molecule has 0 aliphatic heterocycles. The van der Waals surface area contributed by atoms with E-state index in [4.69, 9.17) is 23.2 Å².